The third-order valence-corrected chi connectivity index (χ3v) is 4.31. The van der Waals surface area contributed by atoms with Gasteiger partial charge in [-0.05, 0) is 30.2 Å². The zero-order valence-electron chi connectivity index (χ0n) is 11.9. The molecule has 0 saturated heterocycles. The first-order valence-corrected chi connectivity index (χ1v) is 8.35. The molecule has 2 aromatic carbocycles. The molecule has 0 aromatic heterocycles. The predicted octanol–water partition coefficient (Wildman–Crippen LogP) is 4.45. The maximum Gasteiger partial charge on any atom is 0.230 e. The molecule has 0 saturated carbocycles. The summed E-state index contributed by atoms with van der Waals surface area (Å²) in [6.07, 6.45) is 0. The Labute approximate surface area is 134 Å². The minimum absolute atomic E-state index is 0.0338. The second kappa shape index (κ2) is 8.11. The second-order valence-electron chi connectivity index (χ2n) is 4.82. The summed E-state index contributed by atoms with van der Waals surface area (Å²) in [7, 11) is 0. The van der Waals surface area contributed by atoms with Gasteiger partial charge >= 0.3 is 0 Å². The normalized spacial score (nSPS) is 11.9. The van der Waals surface area contributed by atoms with E-state index in [4.69, 9.17) is 11.6 Å². The van der Waals surface area contributed by atoms with Crippen molar-refractivity contribution in [3.8, 4) is 0 Å². The van der Waals surface area contributed by atoms with Gasteiger partial charge in [0.2, 0.25) is 5.91 Å². The molecule has 2 rings (SSSR count). The zero-order valence-corrected chi connectivity index (χ0v) is 13.5. The van der Waals surface area contributed by atoms with Crippen molar-refractivity contribution >= 4 is 29.3 Å². The first-order valence-electron chi connectivity index (χ1n) is 6.81. The van der Waals surface area contributed by atoms with Gasteiger partial charge in [0.1, 0.15) is 0 Å². The highest BCUT2D eigenvalue weighted by atomic mass is 35.5. The number of thioether (sulfide) groups is 1. The Bertz CT molecular complexity index is 588. The number of amides is 1. The summed E-state index contributed by atoms with van der Waals surface area (Å²) < 4.78 is 0. The van der Waals surface area contributed by atoms with Gasteiger partial charge in [-0.1, -0.05) is 54.1 Å². The van der Waals surface area contributed by atoms with Crippen LogP contribution in [0.15, 0.2) is 54.6 Å². The molecule has 0 bridgehead atoms. The Morgan fingerprint density at radius 2 is 1.95 bits per heavy atom. The molecule has 0 aliphatic carbocycles. The van der Waals surface area contributed by atoms with Crippen LogP contribution in [-0.2, 0) is 10.5 Å². The number of carbonyl (C=O) groups is 1. The van der Waals surface area contributed by atoms with E-state index in [9.17, 15) is 4.79 Å². The largest absolute Gasteiger partial charge is 0.349 e. The Morgan fingerprint density at radius 3 is 2.67 bits per heavy atom. The van der Waals surface area contributed by atoms with Gasteiger partial charge in [-0.2, -0.15) is 0 Å². The highest BCUT2D eigenvalue weighted by Gasteiger charge is 2.09. The first kappa shape index (κ1) is 15.9. The van der Waals surface area contributed by atoms with Gasteiger partial charge in [0.05, 0.1) is 11.8 Å². The summed E-state index contributed by atoms with van der Waals surface area (Å²) in [5.41, 5.74) is 2.25. The van der Waals surface area contributed by atoms with Gasteiger partial charge in [0.25, 0.3) is 0 Å². The van der Waals surface area contributed by atoms with E-state index in [-0.39, 0.29) is 11.9 Å². The summed E-state index contributed by atoms with van der Waals surface area (Å²) in [6.45, 7) is 1.96. The molecule has 1 atom stereocenters. The Morgan fingerprint density at radius 1 is 1.19 bits per heavy atom. The van der Waals surface area contributed by atoms with Crippen LogP contribution in [0, 0.1) is 0 Å². The van der Waals surface area contributed by atoms with Crippen LogP contribution in [0.5, 0.6) is 0 Å². The minimum Gasteiger partial charge on any atom is -0.349 e. The molecule has 2 nitrogen and oxygen atoms in total. The van der Waals surface area contributed by atoms with Crippen LogP contribution in [0.2, 0.25) is 5.02 Å². The van der Waals surface area contributed by atoms with Crippen LogP contribution in [0.3, 0.4) is 0 Å². The van der Waals surface area contributed by atoms with E-state index < -0.39 is 0 Å². The molecular formula is C17H18ClNOS. The molecule has 1 N–H and O–H groups in total. The molecule has 4 heteroatoms. The van der Waals surface area contributed by atoms with Crippen LogP contribution in [-0.4, -0.2) is 11.7 Å². The maximum absolute atomic E-state index is 11.9. The third kappa shape index (κ3) is 5.44. The summed E-state index contributed by atoms with van der Waals surface area (Å²) >= 11 is 7.58. The second-order valence-corrected chi connectivity index (χ2v) is 6.24. The van der Waals surface area contributed by atoms with Gasteiger partial charge in [0, 0.05) is 10.8 Å². The van der Waals surface area contributed by atoms with Crippen molar-refractivity contribution in [2.45, 2.75) is 18.7 Å². The van der Waals surface area contributed by atoms with Crippen molar-refractivity contribution in [1.82, 2.24) is 5.32 Å². The van der Waals surface area contributed by atoms with Crippen molar-refractivity contribution < 1.29 is 4.79 Å². The number of hydrogen-bond donors (Lipinski definition) is 1. The number of nitrogens with one attached hydrogen (secondary N) is 1. The average molecular weight is 320 g/mol. The Kier molecular flexibility index (Phi) is 6.15. The predicted molar refractivity (Wildman–Crippen MR) is 90.6 cm³/mol. The SMILES string of the molecule is CC(NC(=O)CSCc1ccccc1)c1cccc(Cl)c1. The lowest BCUT2D eigenvalue weighted by molar-refractivity contribution is -0.119. The summed E-state index contributed by atoms with van der Waals surface area (Å²) in [6, 6.07) is 17.7. The Balaban J connectivity index is 1.76. The van der Waals surface area contributed by atoms with Crippen LogP contribution in [0.25, 0.3) is 0 Å². The zero-order chi connectivity index (χ0) is 15.1. The van der Waals surface area contributed by atoms with E-state index in [1.807, 2.05) is 49.4 Å². The fourth-order valence-corrected chi connectivity index (χ4v) is 2.98. The number of hydrogen-bond acceptors (Lipinski definition) is 2. The molecule has 1 amide bonds. The van der Waals surface area contributed by atoms with Crippen LogP contribution in [0.1, 0.15) is 24.1 Å². The van der Waals surface area contributed by atoms with Crippen molar-refractivity contribution in [3.05, 3.63) is 70.7 Å². The van der Waals surface area contributed by atoms with Gasteiger partial charge in [0.15, 0.2) is 0 Å². The van der Waals surface area contributed by atoms with Gasteiger partial charge in [-0.15, -0.1) is 11.8 Å². The quantitative estimate of drug-likeness (QED) is 0.852. The standard InChI is InChI=1S/C17H18ClNOS/c1-13(15-8-5-9-16(18)10-15)19-17(20)12-21-11-14-6-3-2-4-7-14/h2-10,13H,11-12H2,1H3,(H,19,20). The molecule has 0 radical (unpaired) electrons. The summed E-state index contributed by atoms with van der Waals surface area (Å²) in [5.74, 6) is 1.35. The van der Waals surface area contributed by atoms with E-state index in [0.29, 0.717) is 10.8 Å². The lowest BCUT2D eigenvalue weighted by Gasteiger charge is -2.14. The topological polar surface area (TPSA) is 29.1 Å². The molecular weight excluding hydrogens is 302 g/mol. The first-order chi connectivity index (χ1) is 10.1. The van der Waals surface area contributed by atoms with E-state index in [1.165, 1.54) is 5.56 Å². The molecule has 0 aliphatic heterocycles. The van der Waals surface area contributed by atoms with E-state index in [0.717, 1.165) is 11.3 Å². The Hall–Kier alpha value is -1.45. The van der Waals surface area contributed by atoms with Crippen molar-refractivity contribution in [2.75, 3.05) is 5.75 Å². The third-order valence-electron chi connectivity index (χ3n) is 3.07. The highest BCUT2D eigenvalue weighted by molar-refractivity contribution is 7.99. The summed E-state index contributed by atoms with van der Waals surface area (Å²) in [4.78, 5) is 11.9. The van der Waals surface area contributed by atoms with Gasteiger partial charge in [-0.25, -0.2) is 0 Å². The maximum atomic E-state index is 11.9. The van der Waals surface area contributed by atoms with Gasteiger partial charge in [-0.3, -0.25) is 4.79 Å². The fraction of sp³-hybridized carbons (Fsp3) is 0.235. The van der Waals surface area contributed by atoms with Gasteiger partial charge < -0.3 is 5.32 Å². The van der Waals surface area contributed by atoms with E-state index in [1.54, 1.807) is 11.8 Å². The molecule has 0 aliphatic rings. The number of rotatable bonds is 6. The fourth-order valence-electron chi connectivity index (χ4n) is 1.98. The molecule has 21 heavy (non-hydrogen) atoms. The van der Waals surface area contributed by atoms with Crippen molar-refractivity contribution in [2.24, 2.45) is 0 Å². The lowest BCUT2D eigenvalue weighted by Crippen LogP contribution is -2.28. The summed E-state index contributed by atoms with van der Waals surface area (Å²) in [5, 5.41) is 3.68. The van der Waals surface area contributed by atoms with E-state index in [2.05, 4.69) is 17.4 Å². The van der Waals surface area contributed by atoms with Crippen LogP contribution in [0.4, 0.5) is 0 Å². The molecule has 2 aromatic rings. The smallest absolute Gasteiger partial charge is 0.230 e. The van der Waals surface area contributed by atoms with Crippen LogP contribution >= 0.6 is 23.4 Å². The molecule has 110 valence electrons. The average Bonchev–Trinajstić information content (AvgIpc) is 2.48. The number of halogens is 1. The molecule has 0 heterocycles. The lowest BCUT2D eigenvalue weighted by atomic mass is 10.1. The van der Waals surface area contributed by atoms with E-state index >= 15 is 0 Å². The van der Waals surface area contributed by atoms with Crippen LogP contribution < -0.4 is 5.32 Å². The minimum atomic E-state index is -0.0338. The van der Waals surface area contributed by atoms with Crippen molar-refractivity contribution in [1.29, 1.82) is 0 Å². The molecule has 0 spiro atoms. The number of carbonyl (C=O) groups excluding carboxylic acids is 1. The highest BCUT2D eigenvalue weighted by Crippen LogP contribution is 2.18. The monoisotopic (exact) mass is 319 g/mol. The molecule has 0 fully saturated rings. The molecule has 1 unspecified atom stereocenters. The number of benzene rings is 2. The van der Waals surface area contributed by atoms with Crippen molar-refractivity contribution in [3.63, 3.8) is 0 Å².